The Morgan fingerprint density at radius 2 is 1.87 bits per heavy atom. The minimum atomic E-state index is -0.311. The summed E-state index contributed by atoms with van der Waals surface area (Å²) in [4.78, 5) is 23.9. The number of carbonyl (C=O) groups excluding carboxylic acids is 2. The topological polar surface area (TPSA) is 43.4 Å². The Labute approximate surface area is 145 Å². The van der Waals surface area contributed by atoms with Crippen LogP contribution in [0.5, 0.6) is 0 Å². The van der Waals surface area contributed by atoms with Crippen molar-refractivity contribution in [2.75, 3.05) is 12.9 Å². The quantitative estimate of drug-likeness (QED) is 0.543. The Balaban J connectivity index is 2.16. The minimum absolute atomic E-state index is 0.0351. The Bertz CT molecular complexity index is 673. The number of Topliss-reactive ketones (excluding diaryl/α,β-unsaturated/α-hetero) is 1. The van der Waals surface area contributed by atoms with Crippen molar-refractivity contribution in [2.24, 2.45) is 0 Å². The second-order valence-electron chi connectivity index (χ2n) is 4.92. The number of rotatable bonds is 7. The van der Waals surface area contributed by atoms with Gasteiger partial charge in [-0.2, -0.15) is 0 Å². The summed E-state index contributed by atoms with van der Waals surface area (Å²) in [5.41, 5.74) is 1.59. The Hall–Kier alpha value is -1.78. The first kappa shape index (κ1) is 17.6. The van der Waals surface area contributed by atoms with Crippen molar-refractivity contribution in [3.63, 3.8) is 0 Å². The SMILES string of the molecule is COC(=O)CSC(CC(=O)c1ccccc1)c1cccc(Cl)c1. The number of carbonyl (C=O) groups is 2. The van der Waals surface area contributed by atoms with Gasteiger partial charge in [-0.05, 0) is 17.7 Å². The third-order valence-corrected chi connectivity index (χ3v) is 4.80. The fourth-order valence-corrected chi connectivity index (χ4v) is 3.38. The van der Waals surface area contributed by atoms with Crippen molar-refractivity contribution in [1.29, 1.82) is 0 Å². The summed E-state index contributed by atoms with van der Waals surface area (Å²) in [5.74, 6) is -0.0856. The normalized spacial score (nSPS) is 11.7. The molecule has 2 aromatic carbocycles. The van der Waals surface area contributed by atoms with Crippen LogP contribution in [0.2, 0.25) is 5.02 Å². The van der Waals surface area contributed by atoms with E-state index in [4.69, 9.17) is 11.6 Å². The summed E-state index contributed by atoms with van der Waals surface area (Å²) in [6.07, 6.45) is 0.298. The lowest BCUT2D eigenvalue weighted by Crippen LogP contribution is -2.09. The van der Waals surface area contributed by atoms with Crippen molar-refractivity contribution in [3.05, 3.63) is 70.7 Å². The summed E-state index contributed by atoms with van der Waals surface area (Å²) in [5, 5.41) is 0.457. The number of methoxy groups -OCH3 is 1. The van der Waals surface area contributed by atoms with Crippen LogP contribution in [0.4, 0.5) is 0 Å². The maximum atomic E-state index is 12.5. The molecule has 0 amide bonds. The first-order chi connectivity index (χ1) is 11.1. The van der Waals surface area contributed by atoms with Crippen LogP contribution < -0.4 is 0 Å². The van der Waals surface area contributed by atoms with Gasteiger partial charge in [-0.15, -0.1) is 11.8 Å². The van der Waals surface area contributed by atoms with Crippen molar-refractivity contribution in [1.82, 2.24) is 0 Å². The number of ether oxygens (including phenoxy) is 1. The van der Waals surface area contributed by atoms with Crippen LogP contribution in [0.3, 0.4) is 0 Å². The van der Waals surface area contributed by atoms with Crippen LogP contribution in [0.15, 0.2) is 54.6 Å². The monoisotopic (exact) mass is 348 g/mol. The van der Waals surface area contributed by atoms with Gasteiger partial charge in [-0.25, -0.2) is 0 Å². The zero-order chi connectivity index (χ0) is 16.7. The van der Waals surface area contributed by atoms with Gasteiger partial charge < -0.3 is 4.74 Å². The molecular formula is C18H17ClO3S. The number of halogens is 1. The van der Waals surface area contributed by atoms with Gasteiger partial charge in [0.25, 0.3) is 0 Å². The van der Waals surface area contributed by atoms with E-state index in [0.29, 0.717) is 17.0 Å². The highest BCUT2D eigenvalue weighted by Crippen LogP contribution is 2.34. The van der Waals surface area contributed by atoms with Gasteiger partial charge in [0.1, 0.15) is 0 Å². The highest BCUT2D eigenvalue weighted by molar-refractivity contribution is 8.00. The molecule has 0 radical (unpaired) electrons. The van der Waals surface area contributed by atoms with E-state index in [0.717, 1.165) is 5.56 Å². The Morgan fingerprint density at radius 3 is 2.52 bits per heavy atom. The smallest absolute Gasteiger partial charge is 0.315 e. The van der Waals surface area contributed by atoms with Gasteiger partial charge in [-0.1, -0.05) is 54.1 Å². The predicted octanol–water partition coefficient (Wildman–Crippen LogP) is 4.56. The molecule has 2 aromatic rings. The van der Waals surface area contributed by atoms with Gasteiger partial charge in [0.05, 0.1) is 12.9 Å². The zero-order valence-electron chi connectivity index (χ0n) is 12.7. The van der Waals surface area contributed by atoms with Crippen LogP contribution in [-0.4, -0.2) is 24.6 Å². The fraction of sp³-hybridized carbons (Fsp3) is 0.222. The molecule has 120 valence electrons. The molecule has 3 nitrogen and oxygen atoms in total. The second kappa shape index (κ2) is 8.75. The summed E-state index contributed by atoms with van der Waals surface area (Å²) >= 11 is 7.43. The summed E-state index contributed by atoms with van der Waals surface area (Å²) in [6, 6.07) is 16.5. The molecule has 0 aliphatic rings. The number of ketones is 1. The van der Waals surface area contributed by atoms with E-state index >= 15 is 0 Å². The van der Waals surface area contributed by atoms with E-state index in [1.165, 1.54) is 18.9 Å². The third kappa shape index (κ3) is 5.41. The van der Waals surface area contributed by atoms with E-state index in [-0.39, 0.29) is 22.8 Å². The van der Waals surface area contributed by atoms with E-state index in [1.807, 2.05) is 36.4 Å². The zero-order valence-corrected chi connectivity index (χ0v) is 14.3. The molecule has 2 rings (SSSR count). The highest BCUT2D eigenvalue weighted by Gasteiger charge is 2.19. The number of thioether (sulfide) groups is 1. The average molecular weight is 349 g/mol. The van der Waals surface area contributed by atoms with Gasteiger partial charge in [0.2, 0.25) is 0 Å². The lowest BCUT2D eigenvalue weighted by Gasteiger charge is -2.16. The first-order valence-electron chi connectivity index (χ1n) is 7.12. The molecule has 0 spiro atoms. The summed E-state index contributed by atoms with van der Waals surface area (Å²) in [6.45, 7) is 0. The van der Waals surface area contributed by atoms with Crippen molar-refractivity contribution < 1.29 is 14.3 Å². The van der Waals surface area contributed by atoms with Gasteiger partial charge in [0.15, 0.2) is 5.78 Å². The van der Waals surface area contributed by atoms with Crippen LogP contribution in [-0.2, 0) is 9.53 Å². The molecule has 0 aliphatic heterocycles. The highest BCUT2D eigenvalue weighted by atomic mass is 35.5. The molecule has 23 heavy (non-hydrogen) atoms. The molecule has 0 saturated carbocycles. The molecule has 0 aromatic heterocycles. The molecule has 0 aliphatic carbocycles. The van der Waals surface area contributed by atoms with Gasteiger partial charge in [-0.3, -0.25) is 9.59 Å². The van der Waals surface area contributed by atoms with Gasteiger partial charge >= 0.3 is 5.97 Å². The van der Waals surface area contributed by atoms with Crippen molar-refractivity contribution in [3.8, 4) is 0 Å². The minimum Gasteiger partial charge on any atom is -0.468 e. The maximum Gasteiger partial charge on any atom is 0.315 e. The van der Waals surface area contributed by atoms with E-state index in [1.54, 1.807) is 18.2 Å². The predicted molar refractivity (Wildman–Crippen MR) is 94.1 cm³/mol. The largest absolute Gasteiger partial charge is 0.468 e. The lowest BCUT2D eigenvalue weighted by molar-refractivity contribution is -0.137. The molecule has 0 heterocycles. The standard InChI is InChI=1S/C18H17ClO3S/c1-22-18(21)12-23-17(14-8-5-9-15(19)10-14)11-16(20)13-6-3-2-4-7-13/h2-10,17H,11-12H2,1H3. The summed E-state index contributed by atoms with van der Waals surface area (Å²) < 4.78 is 4.68. The van der Waals surface area contributed by atoms with Crippen LogP contribution in [0.25, 0.3) is 0 Å². The van der Waals surface area contributed by atoms with Crippen molar-refractivity contribution >= 4 is 35.1 Å². The third-order valence-electron chi connectivity index (χ3n) is 3.32. The molecule has 1 atom stereocenters. The number of hydrogen-bond acceptors (Lipinski definition) is 4. The number of hydrogen-bond donors (Lipinski definition) is 0. The lowest BCUT2D eigenvalue weighted by atomic mass is 10.0. The van der Waals surface area contributed by atoms with E-state index in [2.05, 4.69) is 4.74 Å². The number of benzene rings is 2. The molecule has 0 saturated heterocycles. The van der Waals surface area contributed by atoms with Crippen LogP contribution >= 0.6 is 23.4 Å². The number of esters is 1. The first-order valence-corrected chi connectivity index (χ1v) is 8.55. The second-order valence-corrected chi connectivity index (χ2v) is 6.55. The molecule has 0 N–H and O–H groups in total. The average Bonchev–Trinajstić information content (AvgIpc) is 2.58. The van der Waals surface area contributed by atoms with Gasteiger partial charge in [0, 0.05) is 22.3 Å². The Kier molecular flexibility index (Phi) is 6.68. The van der Waals surface area contributed by atoms with E-state index in [9.17, 15) is 9.59 Å². The van der Waals surface area contributed by atoms with Crippen LogP contribution in [0, 0.1) is 0 Å². The van der Waals surface area contributed by atoms with E-state index < -0.39 is 0 Å². The van der Waals surface area contributed by atoms with Crippen molar-refractivity contribution in [2.45, 2.75) is 11.7 Å². The molecular weight excluding hydrogens is 332 g/mol. The molecule has 0 fully saturated rings. The molecule has 1 unspecified atom stereocenters. The fourth-order valence-electron chi connectivity index (χ4n) is 2.12. The van der Waals surface area contributed by atoms with Crippen LogP contribution in [0.1, 0.15) is 27.6 Å². The molecule has 5 heteroatoms. The molecule has 0 bridgehead atoms. The Morgan fingerprint density at radius 1 is 1.13 bits per heavy atom. The maximum absolute atomic E-state index is 12.5. The summed E-state index contributed by atoms with van der Waals surface area (Å²) in [7, 11) is 1.35.